The summed E-state index contributed by atoms with van der Waals surface area (Å²) in [6.07, 6.45) is 2.68. The van der Waals surface area contributed by atoms with Crippen LogP contribution in [-0.2, 0) is 0 Å². The van der Waals surface area contributed by atoms with Gasteiger partial charge in [-0.25, -0.2) is 0 Å². The molecule has 1 aromatic rings. The second kappa shape index (κ2) is 5.97. The highest BCUT2D eigenvalue weighted by molar-refractivity contribution is 5.55. The van der Waals surface area contributed by atoms with Gasteiger partial charge in [0.15, 0.2) is 0 Å². The molecule has 0 aromatic heterocycles. The Kier molecular flexibility index (Phi) is 4.60. The molecule has 2 nitrogen and oxygen atoms in total. The number of nitrogens with zero attached hydrogens (tertiary/aromatic N) is 1. The molecule has 0 unspecified atom stereocenters. The van der Waals surface area contributed by atoms with Crippen LogP contribution in [0.5, 0.6) is 5.75 Å². The van der Waals surface area contributed by atoms with Gasteiger partial charge in [-0.2, -0.15) is 5.26 Å². The highest BCUT2D eigenvalue weighted by Gasteiger charge is 2.12. The van der Waals surface area contributed by atoms with Crippen LogP contribution < -0.4 is 4.74 Å². The van der Waals surface area contributed by atoms with E-state index < -0.39 is 0 Å². The molecule has 0 spiro atoms. The molecule has 16 heavy (non-hydrogen) atoms. The van der Waals surface area contributed by atoms with Gasteiger partial charge in [0.05, 0.1) is 12.2 Å². The molecule has 0 bridgehead atoms. The summed E-state index contributed by atoms with van der Waals surface area (Å²) >= 11 is 0. The van der Waals surface area contributed by atoms with Crippen molar-refractivity contribution in [3.8, 4) is 11.8 Å². The number of nitriles is 1. The van der Waals surface area contributed by atoms with E-state index in [1.807, 2.05) is 32.0 Å². The van der Waals surface area contributed by atoms with Crippen LogP contribution in [-0.4, -0.2) is 6.61 Å². The number of rotatable bonds is 5. The van der Waals surface area contributed by atoms with E-state index in [0.29, 0.717) is 17.9 Å². The summed E-state index contributed by atoms with van der Waals surface area (Å²) in [6.45, 7) is 8.32. The van der Waals surface area contributed by atoms with Gasteiger partial charge in [0.1, 0.15) is 11.8 Å². The minimum Gasteiger partial charge on any atom is -0.492 e. The summed E-state index contributed by atoms with van der Waals surface area (Å²) in [4.78, 5) is 0. The zero-order chi connectivity index (χ0) is 12.0. The predicted octanol–water partition coefficient (Wildman–Crippen LogP) is 3.48. The van der Waals surface area contributed by atoms with Gasteiger partial charge in [-0.15, -0.1) is 6.58 Å². The number of allylic oxidation sites excluding steroid dienone is 1. The third-order valence-electron chi connectivity index (χ3n) is 2.33. The number of ether oxygens (including phenoxy) is 1. The van der Waals surface area contributed by atoms with Crippen LogP contribution in [0.2, 0.25) is 0 Å². The first-order chi connectivity index (χ1) is 7.74. The van der Waals surface area contributed by atoms with Gasteiger partial charge in [0.2, 0.25) is 0 Å². The quantitative estimate of drug-likeness (QED) is 0.751. The van der Waals surface area contributed by atoms with Crippen molar-refractivity contribution >= 4 is 0 Å². The molecule has 1 rings (SSSR count). The van der Waals surface area contributed by atoms with Gasteiger partial charge in [-0.1, -0.05) is 32.1 Å². The first kappa shape index (κ1) is 12.3. The molecule has 0 aliphatic carbocycles. The number of hydrogen-bond donors (Lipinski definition) is 0. The Bertz CT molecular complexity index is 404. The summed E-state index contributed by atoms with van der Waals surface area (Å²) < 4.78 is 5.54. The molecule has 1 radical (unpaired) electrons. The zero-order valence-corrected chi connectivity index (χ0v) is 9.79. The fourth-order valence-electron chi connectivity index (χ4n) is 1.42. The van der Waals surface area contributed by atoms with Crippen LogP contribution >= 0.6 is 0 Å². The maximum Gasteiger partial charge on any atom is 0.137 e. The van der Waals surface area contributed by atoms with Gasteiger partial charge in [-0.3, -0.25) is 0 Å². The van der Waals surface area contributed by atoms with Gasteiger partial charge in [0.25, 0.3) is 0 Å². The molecule has 0 saturated carbocycles. The molecule has 2 heteroatoms. The van der Waals surface area contributed by atoms with E-state index in [-0.39, 0.29) is 0 Å². The molecule has 83 valence electrons. The lowest BCUT2D eigenvalue weighted by atomic mass is 9.96. The minimum absolute atomic E-state index is 0.591. The van der Waals surface area contributed by atoms with Crippen LogP contribution in [0.4, 0.5) is 0 Å². The summed E-state index contributed by atoms with van der Waals surface area (Å²) in [6, 6.07) is 7.83. The van der Waals surface area contributed by atoms with Crippen LogP contribution in [0.25, 0.3) is 0 Å². The molecule has 0 N–H and O–H groups in total. The van der Waals surface area contributed by atoms with E-state index in [2.05, 4.69) is 12.6 Å². The van der Waals surface area contributed by atoms with Crippen molar-refractivity contribution in [1.29, 1.82) is 5.26 Å². The summed E-state index contributed by atoms with van der Waals surface area (Å²) in [7, 11) is 0. The lowest BCUT2D eigenvalue weighted by molar-refractivity contribution is 0.316. The number of hydrogen-bond acceptors (Lipinski definition) is 2. The van der Waals surface area contributed by atoms with Crippen molar-refractivity contribution in [2.24, 2.45) is 0 Å². The molecular formula is C14H16NO. The third-order valence-corrected chi connectivity index (χ3v) is 2.33. The van der Waals surface area contributed by atoms with Crippen molar-refractivity contribution < 1.29 is 4.74 Å². The van der Waals surface area contributed by atoms with Gasteiger partial charge < -0.3 is 4.74 Å². The SMILES string of the molecule is C=C[C](C)c1cccc(OCCC)c1C#N. The fraction of sp³-hybridized carbons (Fsp3) is 0.286. The second-order valence-corrected chi connectivity index (χ2v) is 3.53. The monoisotopic (exact) mass is 214 g/mol. The summed E-state index contributed by atoms with van der Waals surface area (Å²) in [5.74, 6) is 1.64. The predicted molar refractivity (Wildman–Crippen MR) is 65.2 cm³/mol. The van der Waals surface area contributed by atoms with Crippen molar-refractivity contribution in [2.75, 3.05) is 6.61 Å². The lowest BCUT2D eigenvalue weighted by Crippen LogP contribution is -2.01. The third kappa shape index (κ3) is 2.64. The Morgan fingerprint density at radius 3 is 2.88 bits per heavy atom. The van der Waals surface area contributed by atoms with Crippen molar-refractivity contribution in [3.63, 3.8) is 0 Å². The van der Waals surface area contributed by atoms with E-state index in [0.717, 1.165) is 17.9 Å². The molecule has 0 saturated heterocycles. The lowest BCUT2D eigenvalue weighted by Gasteiger charge is -2.12. The van der Waals surface area contributed by atoms with Crippen LogP contribution in [0.15, 0.2) is 30.9 Å². The Morgan fingerprint density at radius 1 is 1.56 bits per heavy atom. The number of benzene rings is 1. The van der Waals surface area contributed by atoms with E-state index in [4.69, 9.17) is 10.00 Å². The van der Waals surface area contributed by atoms with Crippen LogP contribution in [0.1, 0.15) is 31.4 Å². The molecule has 0 aliphatic rings. The molecule has 0 aliphatic heterocycles. The molecule has 0 atom stereocenters. The Balaban J connectivity index is 3.11. The standard InChI is InChI=1S/C14H16NO/c1-4-9-16-14-8-6-7-12(11(3)5-2)13(14)10-15/h5-8H,2,4,9H2,1,3H3. The van der Waals surface area contributed by atoms with Crippen molar-refractivity contribution in [3.05, 3.63) is 47.9 Å². The molecule has 0 amide bonds. The fourth-order valence-corrected chi connectivity index (χ4v) is 1.42. The Hall–Kier alpha value is -1.75. The highest BCUT2D eigenvalue weighted by Crippen LogP contribution is 2.27. The zero-order valence-electron chi connectivity index (χ0n) is 9.79. The Morgan fingerprint density at radius 2 is 2.31 bits per heavy atom. The van der Waals surface area contributed by atoms with Crippen LogP contribution in [0, 0.1) is 17.2 Å². The largest absolute Gasteiger partial charge is 0.492 e. The van der Waals surface area contributed by atoms with Crippen molar-refractivity contribution in [2.45, 2.75) is 20.3 Å². The first-order valence-corrected chi connectivity index (χ1v) is 5.36. The first-order valence-electron chi connectivity index (χ1n) is 5.36. The van der Waals surface area contributed by atoms with E-state index in [9.17, 15) is 0 Å². The average Bonchev–Trinajstić information content (AvgIpc) is 2.34. The van der Waals surface area contributed by atoms with E-state index in [1.54, 1.807) is 6.08 Å². The van der Waals surface area contributed by atoms with E-state index in [1.165, 1.54) is 0 Å². The topological polar surface area (TPSA) is 33.0 Å². The van der Waals surface area contributed by atoms with Gasteiger partial charge >= 0.3 is 0 Å². The highest BCUT2D eigenvalue weighted by atomic mass is 16.5. The van der Waals surface area contributed by atoms with E-state index >= 15 is 0 Å². The molecule has 0 fully saturated rings. The Labute approximate surface area is 97.2 Å². The van der Waals surface area contributed by atoms with Gasteiger partial charge in [-0.05, 0) is 18.1 Å². The summed E-state index contributed by atoms with van der Waals surface area (Å²) in [5.41, 5.74) is 1.49. The minimum atomic E-state index is 0.591. The maximum absolute atomic E-state index is 9.17. The normalized spacial score (nSPS) is 9.88. The van der Waals surface area contributed by atoms with Gasteiger partial charge in [0, 0.05) is 5.92 Å². The second-order valence-electron chi connectivity index (χ2n) is 3.53. The molecular weight excluding hydrogens is 198 g/mol. The molecule has 1 aromatic carbocycles. The smallest absolute Gasteiger partial charge is 0.137 e. The summed E-state index contributed by atoms with van der Waals surface area (Å²) in [5, 5.41) is 9.17. The molecule has 0 heterocycles. The van der Waals surface area contributed by atoms with Crippen LogP contribution in [0.3, 0.4) is 0 Å². The average molecular weight is 214 g/mol. The maximum atomic E-state index is 9.17. The van der Waals surface area contributed by atoms with Crippen molar-refractivity contribution in [1.82, 2.24) is 0 Å².